The fourth-order valence-electron chi connectivity index (χ4n) is 7.56. The maximum absolute atomic E-state index is 13.3. The molecular formula is C23H32O3. The van der Waals surface area contributed by atoms with E-state index in [1.54, 1.807) is 0 Å². The minimum absolute atomic E-state index is 0.122. The molecule has 3 heteroatoms. The average Bonchev–Trinajstić information content (AvgIpc) is 3.41. The molecule has 1 N–H and O–H groups in total. The van der Waals surface area contributed by atoms with Gasteiger partial charge in [0.1, 0.15) is 5.78 Å². The van der Waals surface area contributed by atoms with Gasteiger partial charge in [-0.15, -0.1) is 0 Å². The zero-order valence-corrected chi connectivity index (χ0v) is 16.0. The molecule has 5 aliphatic rings. The summed E-state index contributed by atoms with van der Waals surface area (Å²) >= 11 is 0. The number of rotatable bonds is 3. The molecular weight excluding hydrogens is 324 g/mol. The van der Waals surface area contributed by atoms with Crippen LogP contribution in [0.4, 0.5) is 0 Å². The number of aliphatic hydroxyl groups excluding tert-OH is 1. The van der Waals surface area contributed by atoms with Crippen LogP contribution in [0.25, 0.3) is 0 Å². The molecule has 5 aliphatic carbocycles. The van der Waals surface area contributed by atoms with Crippen molar-refractivity contribution in [3.05, 3.63) is 11.6 Å². The fraction of sp³-hybridized carbons (Fsp3) is 0.826. The van der Waals surface area contributed by atoms with Gasteiger partial charge in [-0.25, -0.2) is 0 Å². The van der Waals surface area contributed by atoms with Gasteiger partial charge in [0, 0.05) is 23.2 Å². The summed E-state index contributed by atoms with van der Waals surface area (Å²) < 4.78 is 0. The monoisotopic (exact) mass is 356 g/mol. The van der Waals surface area contributed by atoms with Crippen LogP contribution in [0.15, 0.2) is 11.6 Å². The number of ketones is 2. The van der Waals surface area contributed by atoms with Gasteiger partial charge in [-0.2, -0.15) is 0 Å². The minimum Gasteiger partial charge on any atom is -0.395 e. The van der Waals surface area contributed by atoms with E-state index in [1.165, 1.54) is 18.4 Å². The van der Waals surface area contributed by atoms with Crippen molar-refractivity contribution >= 4 is 11.6 Å². The molecule has 0 saturated heterocycles. The Morgan fingerprint density at radius 1 is 1.08 bits per heavy atom. The average molecular weight is 357 g/mol. The molecule has 0 aliphatic heterocycles. The SMILES string of the molecule is C[C@]12CC[C@H]3C(CCC4=CC(=O)CC[C@@]43CO)[C@@H]1CC(CC1CC1)C2=O. The quantitative estimate of drug-likeness (QED) is 0.829. The van der Waals surface area contributed by atoms with Crippen molar-refractivity contribution in [2.75, 3.05) is 6.61 Å². The second-order valence-electron chi connectivity index (χ2n) is 10.3. The Kier molecular flexibility index (Phi) is 3.81. The van der Waals surface area contributed by atoms with Gasteiger partial charge in [-0.3, -0.25) is 9.59 Å². The highest BCUT2D eigenvalue weighted by atomic mass is 16.3. The van der Waals surface area contributed by atoms with Crippen LogP contribution in [0, 0.1) is 40.4 Å². The summed E-state index contributed by atoms with van der Waals surface area (Å²) in [7, 11) is 0. The van der Waals surface area contributed by atoms with Crippen LogP contribution >= 0.6 is 0 Å². The van der Waals surface area contributed by atoms with E-state index in [9.17, 15) is 14.7 Å². The molecule has 4 saturated carbocycles. The van der Waals surface area contributed by atoms with Gasteiger partial charge in [0.25, 0.3) is 0 Å². The normalized spacial score (nSPS) is 47.8. The molecule has 0 bridgehead atoms. The summed E-state index contributed by atoms with van der Waals surface area (Å²) in [5.41, 5.74) is 0.929. The number of hydrogen-bond acceptors (Lipinski definition) is 3. The lowest BCUT2D eigenvalue weighted by Crippen LogP contribution is -2.53. The first-order valence-electron chi connectivity index (χ1n) is 10.9. The lowest BCUT2D eigenvalue weighted by Gasteiger charge is -2.57. The fourth-order valence-corrected chi connectivity index (χ4v) is 7.56. The molecule has 4 fully saturated rings. The predicted molar refractivity (Wildman–Crippen MR) is 99.3 cm³/mol. The largest absolute Gasteiger partial charge is 0.395 e. The predicted octanol–water partition coefficient (Wildman–Crippen LogP) is 4.09. The Labute approximate surface area is 156 Å². The maximum atomic E-state index is 13.3. The summed E-state index contributed by atoms with van der Waals surface area (Å²) in [6, 6.07) is 0. The highest BCUT2D eigenvalue weighted by Gasteiger charge is 2.62. The van der Waals surface area contributed by atoms with E-state index in [-0.39, 0.29) is 23.2 Å². The van der Waals surface area contributed by atoms with Crippen molar-refractivity contribution in [3.8, 4) is 0 Å². The number of carbonyl (C=O) groups excluding carboxylic acids is 2. The van der Waals surface area contributed by atoms with Crippen LogP contribution in [0.3, 0.4) is 0 Å². The molecule has 2 unspecified atom stereocenters. The first-order chi connectivity index (χ1) is 12.5. The van der Waals surface area contributed by atoms with Gasteiger partial charge in [0.2, 0.25) is 0 Å². The number of fused-ring (bicyclic) bond motifs is 5. The van der Waals surface area contributed by atoms with Crippen LogP contribution in [0.1, 0.15) is 71.1 Å². The van der Waals surface area contributed by atoms with E-state index in [0.717, 1.165) is 50.9 Å². The van der Waals surface area contributed by atoms with Gasteiger partial charge in [-0.1, -0.05) is 25.3 Å². The third kappa shape index (κ3) is 2.28. The number of Topliss-reactive ketones (excluding diaryl/α,β-unsaturated/α-hetero) is 1. The highest BCUT2D eigenvalue weighted by molar-refractivity contribution is 5.92. The zero-order valence-electron chi connectivity index (χ0n) is 16.0. The van der Waals surface area contributed by atoms with Gasteiger partial charge >= 0.3 is 0 Å². The van der Waals surface area contributed by atoms with Gasteiger partial charge in [-0.05, 0) is 74.7 Å². The molecule has 142 valence electrons. The second kappa shape index (κ2) is 5.77. The molecule has 0 radical (unpaired) electrons. The molecule has 0 aromatic rings. The van der Waals surface area contributed by atoms with E-state index in [0.29, 0.717) is 35.9 Å². The number of carbonyl (C=O) groups is 2. The molecule has 3 nitrogen and oxygen atoms in total. The van der Waals surface area contributed by atoms with Crippen molar-refractivity contribution in [2.45, 2.75) is 71.1 Å². The molecule has 0 heterocycles. The Morgan fingerprint density at radius 2 is 1.88 bits per heavy atom. The Morgan fingerprint density at radius 3 is 2.62 bits per heavy atom. The Balaban J connectivity index is 1.46. The molecule has 5 rings (SSSR count). The smallest absolute Gasteiger partial charge is 0.155 e. The third-order valence-corrected chi connectivity index (χ3v) is 9.14. The lowest BCUT2D eigenvalue weighted by molar-refractivity contribution is -0.136. The van der Waals surface area contributed by atoms with Crippen LogP contribution in [0.2, 0.25) is 0 Å². The molecule has 0 aromatic heterocycles. The summed E-state index contributed by atoms with van der Waals surface area (Å²) in [5, 5.41) is 10.4. The first kappa shape index (κ1) is 17.2. The lowest BCUT2D eigenvalue weighted by atomic mass is 9.47. The van der Waals surface area contributed by atoms with Crippen molar-refractivity contribution in [1.29, 1.82) is 0 Å². The molecule has 26 heavy (non-hydrogen) atoms. The Hall–Kier alpha value is -0.960. The van der Waals surface area contributed by atoms with Crippen LogP contribution in [-0.2, 0) is 9.59 Å². The third-order valence-electron chi connectivity index (χ3n) is 9.14. The van der Waals surface area contributed by atoms with Crippen LogP contribution in [-0.4, -0.2) is 23.3 Å². The summed E-state index contributed by atoms with van der Waals surface area (Å²) in [6.07, 6.45) is 12.2. The van der Waals surface area contributed by atoms with Crippen molar-refractivity contribution in [1.82, 2.24) is 0 Å². The molecule has 6 atom stereocenters. The molecule has 0 aromatic carbocycles. The number of hydrogen-bond donors (Lipinski definition) is 1. The van der Waals surface area contributed by atoms with Gasteiger partial charge in [0.05, 0.1) is 6.61 Å². The van der Waals surface area contributed by atoms with Gasteiger partial charge < -0.3 is 5.11 Å². The van der Waals surface area contributed by atoms with Crippen molar-refractivity contribution in [2.24, 2.45) is 40.4 Å². The maximum Gasteiger partial charge on any atom is 0.155 e. The first-order valence-corrected chi connectivity index (χ1v) is 10.9. The molecule has 0 amide bonds. The van der Waals surface area contributed by atoms with E-state index in [1.807, 2.05) is 6.08 Å². The Bertz CT molecular complexity index is 675. The van der Waals surface area contributed by atoms with Crippen LogP contribution < -0.4 is 0 Å². The topological polar surface area (TPSA) is 54.4 Å². The van der Waals surface area contributed by atoms with E-state index in [4.69, 9.17) is 0 Å². The van der Waals surface area contributed by atoms with E-state index >= 15 is 0 Å². The zero-order chi connectivity index (χ0) is 18.1. The van der Waals surface area contributed by atoms with E-state index < -0.39 is 0 Å². The summed E-state index contributed by atoms with van der Waals surface area (Å²) in [6.45, 7) is 2.43. The number of aliphatic hydroxyl groups is 1. The van der Waals surface area contributed by atoms with Crippen LogP contribution in [0.5, 0.6) is 0 Å². The molecule has 0 spiro atoms. The van der Waals surface area contributed by atoms with Gasteiger partial charge in [0.15, 0.2) is 5.78 Å². The van der Waals surface area contributed by atoms with Crippen molar-refractivity contribution < 1.29 is 14.7 Å². The highest BCUT2D eigenvalue weighted by Crippen LogP contribution is 2.65. The summed E-state index contributed by atoms with van der Waals surface area (Å²) in [5.74, 6) is 3.43. The standard InChI is InChI=1S/C23H32O3/c1-22-8-7-19-18(20(22)11-15(21(22)26)10-14-2-3-14)5-4-16-12-17(25)6-9-23(16,19)13-24/h12,14-15,18-20,24H,2-11,13H2,1H3/t15?,18?,19-,20-,22-,23+/m0/s1. The van der Waals surface area contributed by atoms with Crippen molar-refractivity contribution in [3.63, 3.8) is 0 Å². The second-order valence-corrected chi connectivity index (χ2v) is 10.3. The minimum atomic E-state index is -0.171. The van der Waals surface area contributed by atoms with E-state index in [2.05, 4.69) is 6.92 Å². The summed E-state index contributed by atoms with van der Waals surface area (Å²) in [4.78, 5) is 25.2.